The third-order valence-electron chi connectivity index (χ3n) is 2.82. The van der Waals surface area contributed by atoms with Crippen LogP contribution < -0.4 is 0 Å². The van der Waals surface area contributed by atoms with Gasteiger partial charge in [-0.05, 0) is 31.4 Å². The third kappa shape index (κ3) is 3.51. The van der Waals surface area contributed by atoms with Gasteiger partial charge in [-0.3, -0.25) is 0 Å². The molecule has 3 heteroatoms. The van der Waals surface area contributed by atoms with Crippen LogP contribution in [0.1, 0.15) is 19.3 Å². The molecule has 1 aromatic carbocycles. The Labute approximate surface area is 101 Å². The van der Waals surface area contributed by atoms with Gasteiger partial charge in [-0.1, -0.05) is 18.2 Å². The van der Waals surface area contributed by atoms with E-state index in [0.717, 1.165) is 31.6 Å². The predicted octanol–water partition coefficient (Wildman–Crippen LogP) is 2.71. The van der Waals surface area contributed by atoms with E-state index in [2.05, 4.69) is 12.1 Å². The normalized spacial score (nSPS) is 22.2. The van der Waals surface area contributed by atoms with Gasteiger partial charge in [-0.25, -0.2) is 0 Å². The number of thioether (sulfide) groups is 1. The third-order valence-corrected chi connectivity index (χ3v) is 3.86. The highest BCUT2D eigenvalue weighted by atomic mass is 32.2. The van der Waals surface area contributed by atoms with Gasteiger partial charge in [0.05, 0.1) is 12.2 Å². The number of hydrogen-bond donors (Lipinski definition) is 1. The van der Waals surface area contributed by atoms with Crippen LogP contribution in [0.2, 0.25) is 0 Å². The largest absolute Gasteiger partial charge is 0.390 e. The summed E-state index contributed by atoms with van der Waals surface area (Å²) in [6, 6.07) is 10.3. The molecule has 1 heterocycles. The highest BCUT2D eigenvalue weighted by Gasteiger charge is 2.23. The van der Waals surface area contributed by atoms with Gasteiger partial charge in [0, 0.05) is 17.3 Å². The minimum atomic E-state index is -0.293. The van der Waals surface area contributed by atoms with E-state index in [0.29, 0.717) is 0 Å². The van der Waals surface area contributed by atoms with Gasteiger partial charge in [0.1, 0.15) is 0 Å². The summed E-state index contributed by atoms with van der Waals surface area (Å²) < 4.78 is 5.46. The first-order valence-corrected chi connectivity index (χ1v) is 6.82. The average molecular weight is 238 g/mol. The first-order valence-electron chi connectivity index (χ1n) is 5.84. The first-order chi connectivity index (χ1) is 7.86. The maximum atomic E-state index is 9.89. The van der Waals surface area contributed by atoms with E-state index in [1.807, 2.05) is 18.2 Å². The van der Waals surface area contributed by atoms with Crippen LogP contribution >= 0.6 is 11.8 Å². The lowest BCUT2D eigenvalue weighted by Crippen LogP contribution is -2.25. The summed E-state index contributed by atoms with van der Waals surface area (Å²) in [5.41, 5.74) is 0. The van der Waals surface area contributed by atoms with E-state index in [4.69, 9.17) is 4.74 Å². The SMILES string of the molecule is OC(CCSc1ccccc1)C1CCCO1. The van der Waals surface area contributed by atoms with Gasteiger partial charge in [0.15, 0.2) is 0 Å². The second-order valence-corrected chi connectivity index (χ2v) is 5.24. The van der Waals surface area contributed by atoms with Crippen LogP contribution in [-0.2, 0) is 4.74 Å². The second-order valence-electron chi connectivity index (χ2n) is 4.07. The zero-order chi connectivity index (χ0) is 11.2. The van der Waals surface area contributed by atoms with Gasteiger partial charge in [0.2, 0.25) is 0 Å². The van der Waals surface area contributed by atoms with Crippen LogP contribution in [-0.4, -0.2) is 29.7 Å². The zero-order valence-corrected chi connectivity index (χ0v) is 10.2. The summed E-state index contributed by atoms with van der Waals surface area (Å²) in [6.07, 6.45) is 2.70. The summed E-state index contributed by atoms with van der Waals surface area (Å²) in [4.78, 5) is 1.27. The maximum absolute atomic E-state index is 9.89. The van der Waals surface area contributed by atoms with Crippen molar-refractivity contribution < 1.29 is 9.84 Å². The van der Waals surface area contributed by atoms with Gasteiger partial charge >= 0.3 is 0 Å². The Balaban J connectivity index is 1.67. The van der Waals surface area contributed by atoms with Crippen LogP contribution in [0.25, 0.3) is 0 Å². The van der Waals surface area contributed by atoms with Crippen LogP contribution in [0.15, 0.2) is 35.2 Å². The number of rotatable bonds is 5. The molecule has 0 aromatic heterocycles. The van der Waals surface area contributed by atoms with Crippen molar-refractivity contribution in [3.63, 3.8) is 0 Å². The van der Waals surface area contributed by atoms with Crippen molar-refractivity contribution in [2.45, 2.75) is 36.4 Å². The molecule has 0 amide bonds. The molecular weight excluding hydrogens is 220 g/mol. The highest BCUT2D eigenvalue weighted by molar-refractivity contribution is 7.99. The highest BCUT2D eigenvalue weighted by Crippen LogP contribution is 2.22. The standard InChI is InChI=1S/C13H18O2S/c14-12(13-7-4-9-15-13)8-10-16-11-5-2-1-3-6-11/h1-3,5-6,12-14H,4,7-10H2. The van der Waals surface area contributed by atoms with Crippen molar-refractivity contribution in [1.82, 2.24) is 0 Å². The quantitative estimate of drug-likeness (QED) is 0.800. The van der Waals surface area contributed by atoms with Gasteiger partial charge in [-0.2, -0.15) is 0 Å². The smallest absolute Gasteiger partial charge is 0.0835 e. The van der Waals surface area contributed by atoms with Crippen molar-refractivity contribution in [1.29, 1.82) is 0 Å². The van der Waals surface area contributed by atoms with E-state index in [1.54, 1.807) is 11.8 Å². The molecule has 1 fully saturated rings. The molecule has 1 aliphatic rings. The molecule has 1 N–H and O–H groups in total. The molecule has 0 radical (unpaired) electrons. The van der Waals surface area contributed by atoms with Crippen molar-refractivity contribution in [2.24, 2.45) is 0 Å². The summed E-state index contributed by atoms with van der Waals surface area (Å²) in [7, 11) is 0. The van der Waals surface area contributed by atoms with E-state index in [-0.39, 0.29) is 12.2 Å². The lowest BCUT2D eigenvalue weighted by Gasteiger charge is -2.16. The molecule has 0 aliphatic carbocycles. The topological polar surface area (TPSA) is 29.5 Å². The Kier molecular flexibility index (Phi) is 4.69. The molecule has 2 atom stereocenters. The van der Waals surface area contributed by atoms with Crippen LogP contribution in [0, 0.1) is 0 Å². The first kappa shape index (κ1) is 12.0. The summed E-state index contributed by atoms with van der Waals surface area (Å²) in [6.45, 7) is 0.813. The Morgan fingerprint density at radius 2 is 2.19 bits per heavy atom. The molecule has 2 nitrogen and oxygen atoms in total. The second kappa shape index (κ2) is 6.28. The van der Waals surface area contributed by atoms with Crippen LogP contribution in [0.3, 0.4) is 0 Å². The molecule has 0 bridgehead atoms. The fraction of sp³-hybridized carbons (Fsp3) is 0.538. The van der Waals surface area contributed by atoms with E-state index < -0.39 is 0 Å². The lowest BCUT2D eigenvalue weighted by atomic mass is 10.1. The monoisotopic (exact) mass is 238 g/mol. The molecule has 16 heavy (non-hydrogen) atoms. The van der Waals surface area contributed by atoms with Crippen molar-refractivity contribution in [3.05, 3.63) is 30.3 Å². The van der Waals surface area contributed by atoms with Crippen LogP contribution in [0.4, 0.5) is 0 Å². The zero-order valence-electron chi connectivity index (χ0n) is 9.34. The van der Waals surface area contributed by atoms with Gasteiger partial charge < -0.3 is 9.84 Å². The minimum absolute atomic E-state index is 0.0800. The van der Waals surface area contributed by atoms with Crippen LogP contribution in [0.5, 0.6) is 0 Å². The van der Waals surface area contributed by atoms with Gasteiger partial charge in [-0.15, -0.1) is 11.8 Å². The number of aliphatic hydroxyl groups is 1. The summed E-state index contributed by atoms with van der Waals surface area (Å²) in [5, 5.41) is 9.89. The number of benzene rings is 1. The van der Waals surface area contributed by atoms with E-state index in [1.165, 1.54) is 4.90 Å². The average Bonchev–Trinajstić information content (AvgIpc) is 2.84. The Morgan fingerprint density at radius 1 is 1.38 bits per heavy atom. The Morgan fingerprint density at radius 3 is 2.88 bits per heavy atom. The van der Waals surface area contributed by atoms with E-state index in [9.17, 15) is 5.11 Å². The number of hydrogen-bond acceptors (Lipinski definition) is 3. The molecule has 0 spiro atoms. The molecule has 1 saturated heterocycles. The minimum Gasteiger partial charge on any atom is -0.390 e. The maximum Gasteiger partial charge on any atom is 0.0835 e. The fourth-order valence-corrected chi connectivity index (χ4v) is 2.85. The molecule has 2 rings (SSSR count). The molecule has 1 aliphatic heterocycles. The van der Waals surface area contributed by atoms with Gasteiger partial charge in [0.25, 0.3) is 0 Å². The van der Waals surface area contributed by atoms with Crippen molar-refractivity contribution >= 4 is 11.8 Å². The lowest BCUT2D eigenvalue weighted by molar-refractivity contribution is -0.00221. The molecule has 2 unspecified atom stereocenters. The van der Waals surface area contributed by atoms with E-state index >= 15 is 0 Å². The Hall–Kier alpha value is -0.510. The fourth-order valence-electron chi connectivity index (χ4n) is 1.91. The Bertz CT molecular complexity index is 296. The number of aliphatic hydroxyl groups excluding tert-OH is 1. The van der Waals surface area contributed by atoms with Crippen molar-refractivity contribution in [2.75, 3.05) is 12.4 Å². The molecule has 1 aromatic rings. The molecular formula is C13H18O2S. The molecule has 0 saturated carbocycles. The summed E-state index contributed by atoms with van der Waals surface area (Å²) in [5.74, 6) is 0.949. The predicted molar refractivity (Wildman–Crippen MR) is 66.8 cm³/mol. The molecule has 88 valence electrons. The van der Waals surface area contributed by atoms with Crippen molar-refractivity contribution in [3.8, 4) is 0 Å². The number of ether oxygens (including phenoxy) is 1. The summed E-state index contributed by atoms with van der Waals surface area (Å²) >= 11 is 1.79.